The topological polar surface area (TPSA) is 249 Å². The van der Waals surface area contributed by atoms with Gasteiger partial charge in [0.05, 0.1) is 59.5 Å². The molecule has 4 aliphatic rings. The summed E-state index contributed by atoms with van der Waals surface area (Å²) >= 11 is 6.05. The van der Waals surface area contributed by atoms with Gasteiger partial charge < -0.3 is 54.7 Å². The van der Waals surface area contributed by atoms with E-state index in [0.717, 1.165) is 18.2 Å². The summed E-state index contributed by atoms with van der Waals surface area (Å²) in [6.07, 6.45) is 4.23. The first-order valence-corrected chi connectivity index (χ1v) is 23.1. The zero-order chi connectivity index (χ0) is 50.6. The quantitative estimate of drug-likeness (QED) is 0.0495. The number of benzene rings is 3. The first-order valence-electron chi connectivity index (χ1n) is 22.7. The summed E-state index contributed by atoms with van der Waals surface area (Å²) in [5.41, 5.74) is 2.52. The standard InChI is InChI=1S/C50H62ClN5O13/c1-25-11-10-12-26(2)49(65)53-40-34(23-52-54-36(58)24-55-18-20-56(21-19-55)33-15-13-32(51)14-16-33)44(62)37-38(45(40)63)43(61)30(6)47-39(37)48(64)50(8,69-47)67-22-17-35(66-9)27(3)46(68-31(7)57)29(5)42(60)28(4)41(25)59/h10-17,22-23,25,27-29,35,41-42,46,59-63H,18-21,24H2,1-9H3,(H,53,65)(H,54,58)/b11-10+,22-17+,26-12-,52-23+/t25-,27+,28+,29+,35-,41-,42+,46+,50-/m0/s1. The Balaban J connectivity index is 1.40. The number of aromatic hydroxyl groups is 3. The average molecular weight is 977 g/mol. The predicted octanol–water partition coefficient (Wildman–Crippen LogP) is 5.68. The Morgan fingerprint density at radius 2 is 1.61 bits per heavy atom. The van der Waals surface area contributed by atoms with Crippen molar-refractivity contribution in [2.45, 2.75) is 85.6 Å². The molecule has 0 aliphatic carbocycles. The lowest BCUT2D eigenvalue weighted by Gasteiger charge is -2.38. The fraction of sp³-hybridized carbons (Fsp3) is 0.460. The molecule has 0 spiro atoms. The number of nitrogens with zero attached hydrogens (tertiary/aromatic N) is 3. The van der Waals surface area contributed by atoms with E-state index in [1.165, 1.54) is 47.0 Å². The summed E-state index contributed by atoms with van der Waals surface area (Å²) in [5.74, 6) is -9.66. The van der Waals surface area contributed by atoms with Gasteiger partial charge in [-0.1, -0.05) is 57.5 Å². The normalized spacial score (nSPS) is 29.0. The molecule has 372 valence electrons. The van der Waals surface area contributed by atoms with Crippen molar-refractivity contribution in [3.05, 3.63) is 82.1 Å². The number of phenols is 3. The number of anilines is 2. The molecule has 4 aliphatic heterocycles. The Morgan fingerprint density at radius 1 is 0.942 bits per heavy atom. The number of ether oxygens (including phenoxy) is 4. The molecule has 2 amide bonds. The molecule has 1 saturated heterocycles. The molecular weight excluding hydrogens is 914 g/mol. The van der Waals surface area contributed by atoms with Gasteiger partial charge in [-0.3, -0.25) is 24.1 Å². The molecule has 0 radical (unpaired) electrons. The third kappa shape index (κ3) is 11.0. The zero-order valence-corrected chi connectivity index (χ0v) is 40.9. The van der Waals surface area contributed by atoms with Gasteiger partial charge in [0, 0.05) is 98.0 Å². The molecule has 19 heteroatoms. The maximum atomic E-state index is 14.5. The van der Waals surface area contributed by atoms with Crippen LogP contribution in [-0.2, 0) is 28.6 Å². The summed E-state index contributed by atoms with van der Waals surface area (Å²) in [7, 11) is 1.42. The summed E-state index contributed by atoms with van der Waals surface area (Å²) in [5, 5.41) is 65.3. The molecule has 1 fully saturated rings. The van der Waals surface area contributed by atoms with Crippen molar-refractivity contribution in [3.8, 4) is 23.0 Å². The second kappa shape index (κ2) is 21.6. The Bertz CT molecular complexity index is 2570. The number of hydrogen-bond donors (Lipinski definition) is 7. The lowest BCUT2D eigenvalue weighted by Crippen LogP contribution is -2.49. The van der Waals surface area contributed by atoms with Gasteiger partial charge in [0.2, 0.25) is 0 Å². The molecule has 7 rings (SSSR count). The molecule has 18 nitrogen and oxygen atoms in total. The number of allylic oxidation sites excluding steroid dienone is 2. The number of hydrazone groups is 1. The first-order chi connectivity index (χ1) is 32.6. The smallest absolute Gasteiger partial charge is 0.312 e. The number of carbonyl (C=O) groups excluding carboxylic acids is 4. The number of amides is 2. The van der Waals surface area contributed by atoms with Crippen LogP contribution in [0.3, 0.4) is 0 Å². The Hall–Kier alpha value is -6.18. The van der Waals surface area contributed by atoms with Crippen LogP contribution in [-0.4, -0.2) is 130 Å². The van der Waals surface area contributed by atoms with E-state index >= 15 is 0 Å². The maximum absolute atomic E-state index is 14.5. The second-order valence-corrected chi connectivity index (χ2v) is 18.6. The number of hydrogen-bond acceptors (Lipinski definition) is 16. The molecule has 9 atom stereocenters. The average Bonchev–Trinajstić information content (AvgIpc) is 3.58. The third-order valence-corrected chi connectivity index (χ3v) is 13.6. The number of fused-ring (bicyclic) bond motifs is 14. The van der Waals surface area contributed by atoms with E-state index in [0.29, 0.717) is 31.2 Å². The first kappa shape index (κ1) is 52.2. The van der Waals surface area contributed by atoms with Gasteiger partial charge in [-0.25, -0.2) is 5.43 Å². The summed E-state index contributed by atoms with van der Waals surface area (Å²) < 4.78 is 23.6. The highest BCUT2D eigenvalue weighted by atomic mass is 35.5. The van der Waals surface area contributed by atoms with Crippen LogP contribution in [0.2, 0.25) is 5.02 Å². The van der Waals surface area contributed by atoms with Crippen LogP contribution in [0.4, 0.5) is 11.4 Å². The van der Waals surface area contributed by atoms with Crippen LogP contribution in [0, 0.1) is 30.6 Å². The van der Waals surface area contributed by atoms with Gasteiger partial charge in [-0.05, 0) is 44.2 Å². The lowest BCUT2D eigenvalue weighted by atomic mass is 9.78. The monoisotopic (exact) mass is 975 g/mol. The number of piperazine rings is 1. The molecule has 4 heterocycles. The molecule has 3 aromatic rings. The van der Waals surface area contributed by atoms with Gasteiger partial charge in [0.15, 0.2) is 5.75 Å². The molecule has 3 aromatic carbocycles. The Morgan fingerprint density at radius 3 is 2.25 bits per heavy atom. The number of Topliss-reactive ketones (excluding diaryl/α,β-unsaturated/α-hetero) is 1. The van der Waals surface area contributed by atoms with Crippen LogP contribution in [0.1, 0.15) is 70.0 Å². The minimum atomic E-state index is -2.12. The summed E-state index contributed by atoms with van der Waals surface area (Å²) in [4.78, 5) is 58.1. The number of methoxy groups -OCH3 is 1. The van der Waals surface area contributed by atoms with Gasteiger partial charge in [0.1, 0.15) is 23.4 Å². The highest BCUT2D eigenvalue weighted by molar-refractivity contribution is 6.30. The number of aliphatic hydroxyl groups is 2. The summed E-state index contributed by atoms with van der Waals surface area (Å²) in [6, 6.07) is 7.50. The minimum Gasteiger partial charge on any atom is -0.507 e. The number of halogens is 1. The highest BCUT2D eigenvalue weighted by Crippen LogP contribution is 2.55. The number of nitrogens with one attached hydrogen (secondary N) is 2. The Labute approximate surface area is 405 Å². The summed E-state index contributed by atoms with van der Waals surface area (Å²) in [6.45, 7) is 14.7. The third-order valence-electron chi connectivity index (χ3n) is 13.3. The van der Waals surface area contributed by atoms with Crippen molar-refractivity contribution < 1.29 is 63.7 Å². The van der Waals surface area contributed by atoms with E-state index in [1.807, 2.05) is 29.2 Å². The molecule has 5 bridgehead atoms. The molecule has 0 saturated carbocycles. The largest absolute Gasteiger partial charge is 0.507 e. The fourth-order valence-corrected chi connectivity index (χ4v) is 9.22. The van der Waals surface area contributed by atoms with E-state index in [4.69, 9.17) is 30.5 Å². The number of aliphatic hydroxyl groups excluding tert-OH is 2. The van der Waals surface area contributed by atoms with Crippen molar-refractivity contribution in [1.82, 2.24) is 10.3 Å². The molecule has 7 N–H and O–H groups in total. The number of carbonyl (C=O) groups is 4. The van der Waals surface area contributed by atoms with Crippen LogP contribution >= 0.6 is 11.6 Å². The Kier molecular flexibility index (Phi) is 16.4. The fourth-order valence-electron chi connectivity index (χ4n) is 9.10. The van der Waals surface area contributed by atoms with Crippen molar-refractivity contribution in [2.24, 2.45) is 28.8 Å². The van der Waals surface area contributed by atoms with Gasteiger partial charge in [-0.15, -0.1) is 0 Å². The van der Waals surface area contributed by atoms with Crippen molar-refractivity contribution in [2.75, 3.05) is 50.1 Å². The molecular formula is C50H62ClN5O13. The van der Waals surface area contributed by atoms with Gasteiger partial charge in [0.25, 0.3) is 17.6 Å². The minimum absolute atomic E-state index is 0.00533. The molecule has 0 aromatic heterocycles. The van der Waals surface area contributed by atoms with Crippen molar-refractivity contribution in [3.63, 3.8) is 0 Å². The van der Waals surface area contributed by atoms with Gasteiger partial charge in [-0.2, -0.15) is 5.10 Å². The van der Waals surface area contributed by atoms with Crippen molar-refractivity contribution >= 4 is 63.5 Å². The van der Waals surface area contributed by atoms with Crippen LogP contribution in [0.25, 0.3) is 10.8 Å². The lowest BCUT2D eigenvalue weighted by molar-refractivity contribution is -0.160. The molecule has 69 heavy (non-hydrogen) atoms. The van der Waals surface area contributed by atoms with E-state index in [1.54, 1.807) is 39.8 Å². The SMILES string of the molecule is CO[C@H]1/C=C/O[C@@]2(C)Oc3c(C)c(O)c4c(O)c(c(/C=N/NC(=O)CN5CCN(c6ccc(Cl)cc6)CC5)c(O)c4c3C2=O)NC(=O)/C(C)=C\C=C\[C@H](C)[C@H](O)[C@@H](C)[C@@H](O)[C@@H](C)[C@H](OC(C)=O)[C@@H]1C. The number of esters is 1. The van der Waals surface area contributed by atoms with E-state index < -0.39 is 106 Å². The number of rotatable bonds is 7. The predicted molar refractivity (Wildman–Crippen MR) is 260 cm³/mol. The van der Waals surface area contributed by atoms with Gasteiger partial charge >= 0.3 is 11.8 Å². The van der Waals surface area contributed by atoms with Crippen molar-refractivity contribution in [1.29, 1.82) is 0 Å². The second-order valence-electron chi connectivity index (χ2n) is 18.2. The highest BCUT2D eigenvalue weighted by Gasteiger charge is 2.50. The number of ketones is 1. The number of phenolic OH excluding ortho intramolecular Hbond substituents is 3. The van der Waals surface area contributed by atoms with E-state index in [-0.39, 0.29) is 39.9 Å². The van der Waals surface area contributed by atoms with E-state index in [2.05, 4.69) is 20.7 Å². The van der Waals surface area contributed by atoms with E-state index in [9.17, 15) is 44.7 Å². The van der Waals surface area contributed by atoms with Crippen LogP contribution in [0.15, 0.2) is 65.5 Å². The van der Waals surface area contributed by atoms with Crippen LogP contribution < -0.4 is 20.4 Å². The maximum Gasteiger partial charge on any atom is 0.312 e. The van der Waals surface area contributed by atoms with Crippen LogP contribution in [0.5, 0.6) is 23.0 Å². The molecule has 0 unspecified atom stereocenters. The zero-order valence-electron chi connectivity index (χ0n) is 40.1.